The first-order chi connectivity index (χ1) is 22.3. The van der Waals surface area contributed by atoms with Gasteiger partial charge in [0.2, 0.25) is 10.0 Å². The third kappa shape index (κ3) is 8.79. The van der Waals surface area contributed by atoms with Crippen LogP contribution in [0.2, 0.25) is 4.47 Å². The van der Waals surface area contributed by atoms with Crippen LogP contribution in [0, 0.1) is 33.6 Å². The Morgan fingerprint density at radius 1 is 0.681 bits per heavy atom. The highest BCUT2D eigenvalue weighted by Gasteiger charge is 2.35. The van der Waals surface area contributed by atoms with Crippen LogP contribution < -0.4 is 0 Å². The quantitative estimate of drug-likeness (QED) is 0.348. The van der Waals surface area contributed by atoms with Crippen LogP contribution in [0.1, 0.15) is 87.1 Å². The van der Waals surface area contributed by atoms with Crippen molar-refractivity contribution in [3.63, 3.8) is 0 Å². The molecule has 13 heteroatoms. The monoisotopic (exact) mass is 727 g/mol. The van der Waals surface area contributed by atoms with Gasteiger partial charge in [0, 0.05) is 38.3 Å². The molecule has 0 atom stereocenters. The summed E-state index contributed by atoms with van der Waals surface area (Å²) in [5.74, 6) is 0.825. The van der Waals surface area contributed by atoms with Crippen LogP contribution in [0.15, 0.2) is 21.2 Å². The standard InChI is InChI=1S/C19H30N2O2S.C15H24ClN3O2S2/c1-15-13-16(2)19(17(3)14-15)24(22,23)21-11-7-18(8-12-21)20-9-5-4-6-10-20;1-11-3-7-18(8-4-11)13-5-9-19(10-6-13)23(20,21)14-12(2)17-15(16)22-14/h13-14,18H,4-12H2,1-3H3;11,13H,3-10H2,1-2H3. The van der Waals surface area contributed by atoms with E-state index in [9.17, 15) is 16.8 Å². The number of rotatable bonds is 6. The summed E-state index contributed by atoms with van der Waals surface area (Å²) in [5.41, 5.74) is 3.36. The van der Waals surface area contributed by atoms with Crippen LogP contribution in [-0.2, 0) is 20.0 Å². The van der Waals surface area contributed by atoms with Crippen LogP contribution in [-0.4, -0.2) is 105 Å². The van der Waals surface area contributed by atoms with E-state index in [1.165, 1.54) is 45.2 Å². The van der Waals surface area contributed by atoms with Crippen LogP contribution in [0.25, 0.3) is 0 Å². The van der Waals surface area contributed by atoms with E-state index in [1.807, 2.05) is 32.9 Å². The summed E-state index contributed by atoms with van der Waals surface area (Å²) in [4.78, 5) is 9.69. The van der Waals surface area contributed by atoms with E-state index in [-0.39, 0.29) is 0 Å². The number of aromatic nitrogens is 1. The highest BCUT2D eigenvalue weighted by atomic mass is 35.5. The molecule has 0 saturated carbocycles. The molecule has 2 aromatic rings. The molecular weight excluding hydrogens is 674 g/mol. The molecule has 6 rings (SSSR count). The van der Waals surface area contributed by atoms with E-state index in [1.54, 1.807) is 15.5 Å². The van der Waals surface area contributed by atoms with Crippen LogP contribution in [0.4, 0.5) is 0 Å². The number of benzene rings is 1. The van der Waals surface area contributed by atoms with E-state index in [2.05, 4.69) is 21.7 Å². The fourth-order valence-corrected chi connectivity index (χ4v) is 13.2. The molecule has 0 bridgehead atoms. The van der Waals surface area contributed by atoms with Gasteiger partial charge < -0.3 is 9.80 Å². The summed E-state index contributed by atoms with van der Waals surface area (Å²) in [6.07, 6.45) is 10.2. The van der Waals surface area contributed by atoms with Gasteiger partial charge in [0.25, 0.3) is 10.0 Å². The summed E-state index contributed by atoms with van der Waals surface area (Å²) in [7, 11) is -6.83. The summed E-state index contributed by atoms with van der Waals surface area (Å²) < 4.78 is 55.7. The van der Waals surface area contributed by atoms with Crippen molar-refractivity contribution in [1.29, 1.82) is 0 Å². The van der Waals surface area contributed by atoms with E-state index in [0.717, 1.165) is 72.7 Å². The third-order valence-corrected chi connectivity index (χ3v) is 16.5. The molecule has 4 aliphatic rings. The number of sulfonamides is 2. The van der Waals surface area contributed by atoms with E-state index in [4.69, 9.17) is 11.6 Å². The van der Waals surface area contributed by atoms with Gasteiger partial charge >= 0.3 is 0 Å². The second kappa shape index (κ2) is 15.8. The topological polar surface area (TPSA) is 94.1 Å². The van der Waals surface area contributed by atoms with Gasteiger partial charge in [-0.3, -0.25) is 0 Å². The minimum Gasteiger partial charge on any atom is -0.300 e. The Kier molecular flexibility index (Phi) is 12.5. The lowest BCUT2D eigenvalue weighted by Crippen LogP contribution is -2.48. The Bertz CT molecular complexity index is 1550. The summed E-state index contributed by atoms with van der Waals surface area (Å²) in [6.45, 7) is 17.0. The van der Waals surface area contributed by atoms with Gasteiger partial charge in [0.15, 0.2) is 8.68 Å². The number of nitrogens with zero attached hydrogens (tertiary/aromatic N) is 5. The molecule has 5 heterocycles. The smallest absolute Gasteiger partial charge is 0.254 e. The maximum Gasteiger partial charge on any atom is 0.254 e. The van der Waals surface area contributed by atoms with Crippen LogP contribution >= 0.6 is 22.9 Å². The third-order valence-electron chi connectivity index (χ3n) is 10.6. The first-order valence-corrected chi connectivity index (χ1v) is 21.5. The zero-order valence-corrected chi connectivity index (χ0v) is 32.1. The van der Waals surface area contributed by atoms with E-state index < -0.39 is 20.0 Å². The normalized spacial score (nSPS) is 22.7. The van der Waals surface area contributed by atoms with Crippen molar-refractivity contribution in [2.75, 3.05) is 52.4 Å². The van der Waals surface area contributed by atoms with Crippen molar-refractivity contribution < 1.29 is 16.8 Å². The number of hydrogen-bond donors (Lipinski definition) is 0. The van der Waals surface area contributed by atoms with E-state index >= 15 is 0 Å². The van der Waals surface area contributed by atoms with Crippen molar-refractivity contribution in [2.24, 2.45) is 5.92 Å². The molecule has 4 saturated heterocycles. The lowest BCUT2D eigenvalue weighted by atomic mass is 9.95. The zero-order valence-electron chi connectivity index (χ0n) is 28.9. The van der Waals surface area contributed by atoms with E-state index in [0.29, 0.717) is 57.5 Å². The molecule has 264 valence electrons. The largest absolute Gasteiger partial charge is 0.300 e. The Balaban J connectivity index is 0.000000185. The highest BCUT2D eigenvalue weighted by Crippen LogP contribution is 2.33. The number of likely N-dealkylation sites (tertiary alicyclic amines) is 2. The molecule has 0 unspecified atom stereocenters. The van der Waals surface area contributed by atoms with Crippen LogP contribution in [0.3, 0.4) is 0 Å². The maximum absolute atomic E-state index is 13.1. The van der Waals surface area contributed by atoms with Gasteiger partial charge in [-0.05, 0) is 122 Å². The molecule has 47 heavy (non-hydrogen) atoms. The fraction of sp³-hybridized carbons (Fsp3) is 0.735. The predicted octanol–water partition coefficient (Wildman–Crippen LogP) is 6.24. The second-order valence-electron chi connectivity index (χ2n) is 14.2. The molecule has 0 radical (unpaired) electrons. The lowest BCUT2D eigenvalue weighted by molar-refractivity contribution is 0.101. The summed E-state index contributed by atoms with van der Waals surface area (Å²) in [6, 6.07) is 5.04. The first kappa shape index (κ1) is 37.1. The van der Waals surface area contributed by atoms with Gasteiger partial charge in [-0.15, -0.1) is 0 Å². The molecular formula is C34H54ClN5O4S3. The minimum atomic E-state index is -3.45. The molecule has 0 aliphatic carbocycles. The summed E-state index contributed by atoms with van der Waals surface area (Å²) in [5, 5.41) is 0. The van der Waals surface area contributed by atoms with Gasteiger partial charge in [-0.25, -0.2) is 21.8 Å². The fourth-order valence-electron chi connectivity index (χ4n) is 7.98. The molecule has 0 amide bonds. The summed E-state index contributed by atoms with van der Waals surface area (Å²) >= 11 is 6.92. The number of hydrogen-bond acceptors (Lipinski definition) is 8. The Morgan fingerprint density at radius 3 is 1.62 bits per heavy atom. The number of piperidine rings is 4. The van der Waals surface area contributed by atoms with Crippen molar-refractivity contribution in [1.82, 2.24) is 23.4 Å². The van der Waals surface area contributed by atoms with Crippen molar-refractivity contribution in [3.05, 3.63) is 39.0 Å². The average molecular weight is 728 g/mol. The lowest BCUT2D eigenvalue weighted by Gasteiger charge is -2.40. The predicted molar refractivity (Wildman–Crippen MR) is 191 cm³/mol. The molecule has 4 fully saturated rings. The average Bonchev–Trinajstić information content (AvgIpc) is 3.40. The number of thiazole rings is 1. The van der Waals surface area contributed by atoms with Crippen molar-refractivity contribution in [3.8, 4) is 0 Å². The van der Waals surface area contributed by atoms with Gasteiger partial charge in [-0.1, -0.05) is 54.0 Å². The van der Waals surface area contributed by atoms with Crippen molar-refractivity contribution in [2.45, 2.75) is 114 Å². The molecule has 0 spiro atoms. The second-order valence-corrected chi connectivity index (χ2v) is 19.7. The van der Waals surface area contributed by atoms with Gasteiger partial charge in [0.1, 0.15) is 0 Å². The maximum atomic E-state index is 13.1. The van der Waals surface area contributed by atoms with Crippen LogP contribution in [0.5, 0.6) is 0 Å². The molecule has 1 aromatic heterocycles. The minimum absolute atomic E-state index is 0.290. The van der Waals surface area contributed by atoms with Crippen molar-refractivity contribution >= 4 is 43.0 Å². The SMILES string of the molecule is Cc1cc(C)c(S(=O)(=O)N2CCC(N3CCCCC3)CC2)c(C)c1.Cc1nc(Cl)sc1S(=O)(=O)N1CCC(N2CCC(C)CC2)CC1. The highest BCUT2D eigenvalue weighted by molar-refractivity contribution is 7.91. The molecule has 9 nitrogen and oxygen atoms in total. The Morgan fingerprint density at radius 2 is 1.15 bits per heavy atom. The van der Waals surface area contributed by atoms with Gasteiger partial charge in [-0.2, -0.15) is 8.61 Å². The Hall–Kier alpha value is -1.12. The molecule has 0 N–H and O–H groups in total. The number of aryl methyl sites for hydroxylation is 4. The molecule has 4 aliphatic heterocycles. The molecule has 1 aromatic carbocycles. The van der Waals surface area contributed by atoms with Gasteiger partial charge in [0.05, 0.1) is 10.6 Å². The zero-order chi connectivity index (χ0) is 33.9. The Labute approximate surface area is 292 Å². The first-order valence-electron chi connectivity index (χ1n) is 17.5. The number of halogens is 1.